The van der Waals surface area contributed by atoms with Crippen LogP contribution < -0.4 is 0 Å². The van der Waals surface area contributed by atoms with Gasteiger partial charge in [-0.15, -0.1) is 0 Å². The molecule has 1 aliphatic rings. The van der Waals surface area contributed by atoms with E-state index in [1.54, 1.807) is 115 Å². The molecule has 1 aliphatic heterocycles. The van der Waals surface area contributed by atoms with Crippen LogP contribution in [-0.2, 0) is 34.5 Å². The summed E-state index contributed by atoms with van der Waals surface area (Å²) in [5, 5.41) is 0. The van der Waals surface area contributed by atoms with Crippen LogP contribution in [0, 0.1) is 0 Å². The molecule has 6 atom stereocenters. The topological polar surface area (TPSA) is 132 Å². The molecule has 0 aliphatic carbocycles. The molecule has 5 aromatic rings. The third-order valence-corrected chi connectivity index (χ3v) is 9.46. The zero-order valence-corrected chi connectivity index (χ0v) is 27.8. The molecule has 0 radical (unpaired) electrons. The maximum atomic E-state index is 14.3. The van der Waals surface area contributed by atoms with Crippen LogP contribution in [0.5, 0.6) is 0 Å². The Morgan fingerprint density at radius 3 is 1.25 bits per heavy atom. The highest BCUT2D eigenvalue weighted by Crippen LogP contribution is 2.34. The molecular formula is C40H32O10S. The number of rotatable bonds is 11. The number of carbonyl (C=O) groups excluding carboxylic acids is 4. The van der Waals surface area contributed by atoms with Crippen LogP contribution >= 0.6 is 0 Å². The van der Waals surface area contributed by atoms with Gasteiger partial charge < -0.3 is 23.7 Å². The molecule has 0 aromatic heterocycles. The van der Waals surface area contributed by atoms with E-state index in [9.17, 15) is 23.4 Å². The van der Waals surface area contributed by atoms with E-state index in [0.29, 0.717) is 4.90 Å². The normalized spacial score (nSPS) is 20.3. The molecule has 6 rings (SSSR count). The fraction of sp³-hybridized carbons (Fsp3) is 0.150. The lowest BCUT2D eigenvalue weighted by molar-refractivity contribution is -0.208. The Morgan fingerprint density at radius 1 is 0.471 bits per heavy atom. The predicted octanol–water partition coefficient (Wildman–Crippen LogP) is 6.05. The third-order valence-electron chi connectivity index (χ3n) is 7.92. The van der Waals surface area contributed by atoms with Gasteiger partial charge in [0.25, 0.3) is 0 Å². The summed E-state index contributed by atoms with van der Waals surface area (Å²) in [5.41, 5.74) is -0.763. The first-order valence-electron chi connectivity index (χ1n) is 16.0. The largest absolute Gasteiger partial charge is 0.459 e. The van der Waals surface area contributed by atoms with Gasteiger partial charge >= 0.3 is 23.9 Å². The molecule has 0 bridgehead atoms. The summed E-state index contributed by atoms with van der Waals surface area (Å²) in [6.45, 7) is -0.512. The van der Waals surface area contributed by atoms with Gasteiger partial charge in [0, 0.05) is 4.90 Å². The van der Waals surface area contributed by atoms with Crippen LogP contribution in [0.15, 0.2) is 157 Å². The second-order valence-electron chi connectivity index (χ2n) is 11.3. The van der Waals surface area contributed by atoms with E-state index in [0.717, 1.165) is 0 Å². The Balaban J connectivity index is 1.44. The number of hydrogen-bond donors (Lipinski definition) is 0. The Morgan fingerprint density at radius 2 is 0.824 bits per heavy atom. The molecule has 1 heterocycles. The van der Waals surface area contributed by atoms with Crippen molar-refractivity contribution in [2.45, 2.75) is 34.7 Å². The Hall–Kier alpha value is -5.91. The second-order valence-corrected chi connectivity index (χ2v) is 12.9. The van der Waals surface area contributed by atoms with Crippen LogP contribution in [0.4, 0.5) is 0 Å². The highest BCUT2D eigenvalue weighted by Gasteiger charge is 2.55. The molecule has 0 saturated carbocycles. The highest BCUT2D eigenvalue weighted by molar-refractivity contribution is 7.85. The molecule has 1 saturated heterocycles. The molecule has 11 heteroatoms. The molecule has 0 N–H and O–H groups in total. The fourth-order valence-corrected chi connectivity index (χ4v) is 6.78. The van der Waals surface area contributed by atoms with E-state index in [2.05, 4.69) is 0 Å². The molecule has 51 heavy (non-hydrogen) atoms. The first-order chi connectivity index (χ1) is 24.9. The number of benzene rings is 5. The molecular weight excluding hydrogens is 672 g/mol. The standard InChI is InChI=1S/C40H32O10S/c41-36(27-16-6-1-7-17-27)46-26-32-33(48-37(42)28-18-8-2-9-19-28)34(49-38(43)29-20-10-3-11-21-29)35(50-39(44)30-22-12-4-13-23-30)40(47-32)51(45)31-24-14-5-15-25-31/h1-25,32-35,40H,26H2/t32?,33?,34?,35?,40?,51-/m1/s1. The predicted molar refractivity (Wildman–Crippen MR) is 185 cm³/mol. The number of esters is 4. The summed E-state index contributed by atoms with van der Waals surface area (Å²) < 4.78 is 44.4. The van der Waals surface area contributed by atoms with E-state index in [1.165, 1.54) is 36.4 Å². The van der Waals surface area contributed by atoms with E-state index >= 15 is 0 Å². The van der Waals surface area contributed by atoms with Gasteiger partial charge in [-0.3, -0.25) is 4.21 Å². The first-order valence-corrected chi connectivity index (χ1v) is 17.2. The lowest BCUT2D eigenvalue weighted by Crippen LogP contribution is -2.63. The van der Waals surface area contributed by atoms with E-state index < -0.39 is 71.1 Å². The van der Waals surface area contributed by atoms with Crippen molar-refractivity contribution in [3.63, 3.8) is 0 Å². The van der Waals surface area contributed by atoms with Gasteiger partial charge in [-0.05, 0) is 60.7 Å². The zero-order valence-electron chi connectivity index (χ0n) is 27.0. The Kier molecular flexibility index (Phi) is 11.4. The maximum Gasteiger partial charge on any atom is 0.338 e. The number of ether oxygens (including phenoxy) is 5. The highest BCUT2D eigenvalue weighted by atomic mass is 32.2. The van der Waals surface area contributed by atoms with Crippen molar-refractivity contribution < 1.29 is 47.1 Å². The average molecular weight is 705 g/mol. The quantitative estimate of drug-likeness (QED) is 0.118. The van der Waals surface area contributed by atoms with Gasteiger partial charge in [-0.25, -0.2) is 19.2 Å². The molecule has 5 unspecified atom stereocenters. The third kappa shape index (κ3) is 8.64. The Bertz CT molecular complexity index is 1960. The van der Waals surface area contributed by atoms with Gasteiger partial charge in [0.05, 0.1) is 33.1 Å². The molecule has 5 aromatic carbocycles. The Labute approximate surface area is 296 Å². The summed E-state index contributed by atoms with van der Waals surface area (Å²) in [7, 11) is -2.06. The smallest absolute Gasteiger partial charge is 0.338 e. The summed E-state index contributed by atoms with van der Waals surface area (Å²) >= 11 is 0. The fourth-order valence-electron chi connectivity index (χ4n) is 5.39. The van der Waals surface area contributed by atoms with Crippen LogP contribution in [-0.4, -0.2) is 64.5 Å². The summed E-state index contributed by atoms with van der Waals surface area (Å²) in [6.07, 6.45) is -6.04. The minimum Gasteiger partial charge on any atom is -0.459 e. The summed E-state index contributed by atoms with van der Waals surface area (Å²) in [5.74, 6) is -3.20. The van der Waals surface area contributed by atoms with Gasteiger partial charge in [-0.1, -0.05) is 91.0 Å². The van der Waals surface area contributed by atoms with Crippen LogP contribution in [0.1, 0.15) is 41.4 Å². The van der Waals surface area contributed by atoms with E-state index in [1.807, 2.05) is 0 Å². The number of carbonyl (C=O) groups is 4. The van der Waals surface area contributed by atoms with Crippen molar-refractivity contribution in [3.05, 3.63) is 174 Å². The van der Waals surface area contributed by atoms with Crippen molar-refractivity contribution in [1.82, 2.24) is 0 Å². The average Bonchev–Trinajstić information content (AvgIpc) is 3.19. The monoisotopic (exact) mass is 704 g/mol. The first kappa shape index (κ1) is 34.9. The van der Waals surface area contributed by atoms with Gasteiger partial charge in [-0.2, -0.15) is 0 Å². The second kappa shape index (κ2) is 16.7. The molecule has 0 spiro atoms. The lowest BCUT2D eigenvalue weighted by Gasteiger charge is -2.44. The van der Waals surface area contributed by atoms with Crippen LogP contribution in [0.3, 0.4) is 0 Å². The van der Waals surface area contributed by atoms with Crippen molar-refractivity contribution in [2.75, 3.05) is 6.61 Å². The maximum absolute atomic E-state index is 14.3. The molecule has 258 valence electrons. The molecule has 10 nitrogen and oxygen atoms in total. The SMILES string of the molecule is O=C(OCC1OC([S@](=O)c2ccccc2)C(OC(=O)c2ccccc2)C(OC(=O)c2ccccc2)C1OC(=O)c1ccccc1)c1ccccc1. The molecule has 1 fully saturated rings. The lowest BCUT2D eigenvalue weighted by atomic mass is 9.98. The van der Waals surface area contributed by atoms with E-state index in [4.69, 9.17) is 23.7 Å². The van der Waals surface area contributed by atoms with Gasteiger partial charge in [0.1, 0.15) is 12.7 Å². The zero-order chi connectivity index (χ0) is 35.6. The summed E-state index contributed by atoms with van der Waals surface area (Å²) in [4.78, 5) is 54.4. The van der Waals surface area contributed by atoms with Crippen molar-refractivity contribution >= 4 is 34.7 Å². The summed E-state index contributed by atoms with van der Waals surface area (Å²) in [6, 6.07) is 40.7. The van der Waals surface area contributed by atoms with Gasteiger partial charge in [0.15, 0.2) is 23.7 Å². The molecule has 0 amide bonds. The van der Waals surface area contributed by atoms with Crippen molar-refractivity contribution in [2.24, 2.45) is 0 Å². The van der Waals surface area contributed by atoms with Gasteiger partial charge in [0.2, 0.25) is 0 Å². The van der Waals surface area contributed by atoms with Crippen LogP contribution in [0.25, 0.3) is 0 Å². The van der Waals surface area contributed by atoms with Crippen LogP contribution in [0.2, 0.25) is 0 Å². The van der Waals surface area contributed by atoms with Crippen molar-refractivity contribution in [3.8, 4) is 0 Å². The minimum atomic E-state index is -2.06. The van der Waals surface area contributed by atoms with E-state index in [-0.39, 0.29) is 22.3 Å². The minimum absolute atomic E-state index is 0.151. The van der Waals surface area contributed by atoms with Crippen molar-refractivity contribution in [1.29, 1.82) is 0 Å². The number of hydrogen-bond acceptors (Lipinski definition) is 10.